The number of carbonyl (C=O) groups is 2. The Morgan fingerprint density at radius 1 is 1.10 bits per heavy atom. The maximum absolute atomic E-state index is 13.3. The molecule has 1 aromatic carbocycles. The Labute approximate surface area is 188 Å². The first-order valence-corrected chi connectivity index (χ1v) is 12.3. The summed E-state index contributed by atoms with van der Waals surface area (Å²) in [6.45, 7) is 8.87. The van der Waals surface area contributed by atoms with Crippen LogP contribution in [-0.4, -0.2) is 53.9 Å². The van der Waals surface area contributed by atoms with Gasteiger partial charge in [-0.1, -0.05) is 51.7 Å². The topological polar surface area (TPSA) is 49.9 Å². The van der Waals surface area contributed by atoms with Crippen molar-refractivity contribution in [3.8, 4) is 5.75 Å². The lowest BCUT2D eigenvalue weighted by Crippen LogP contribution is -2.47. The van der Waals surface area contributed by atoms with Crippen molar-refractivity contribution in [2.24, 2.45) is 11.8 Å². The number of amides is 2. The number of fused-ring (bicyclic) bond motifs is 1. The fourth-order valence-electron chi connectivity index (χ4n) is 4.99. The molecule has 1 aliphatic carbocycles. The molecule has 5 heteroatoms. The summed E-state index contributed by atoms with van der Waals surface area (Å²) in [5.74, 6) is 1.93. The van der Waals surface area contributed by atoms with Gasteiger partial charge >= 0.3 is 0 Å². The number of rotatable bonds is 5. The van der Waals surface area contributed by atoms with Crippen molar-refractivity contribution < 1.29 is 14.3 Å². The Morgan fingerprint density at radius 2 is 1.81 bits per heavy atom. The Bertz CT molecular complexity index is 727. The molecule has 0 saturated heterocycles. The molecule has 1 heterocycles. The first-order chi connectivity index (χ1) is 15.0. The van der Waals surface area contributed by atoms with E-state index in [0.717, 1.165) is 31.7 Å². The van der Waals surface area contributed by atoms with E-state index in [9.17, 15) is 9.59 Å². The Hall–Kier alpha value is -2.04. The lowest BCUT2D eigenvalue weighted by molar-refractivity contribution is -0.135. The average Bonchev–Trinajstić information content (AvgIpc) is 3.28. The predicted molar refractivity (Wildman–Crippen MR) is 124 cm³/mol. The van der Waals surface area contributed by atoms with Crippen molar-refractivity contribution in [3.63, 3.8) is 0 Å². The van der Waals surface area contributed by atoms with Gasteiger partial charge in [0.15, 0.2) is 0 Å². The van der Waals surface area contributed by atoms with E-state index in [2.05, 4.69) is 18.7 Å². The molecule has 172 valence electrons. The van der Waals surface area contributed by atoms with Crippen LogP contribution in [0.15, 0.2) is 24.3 Å². The SMILES string of the molecule is CCN1CCCCN(C(=O)CCC2CCCC2)[C@@H](C(C)C)COc2ccccc2C1=O. The van der Waals surface area contributed by atoms with Crippen LogP contribution in [-0.2, 0) is 4.79 Å². The molecule has 5 nitrogen and oxygen atoms in total. The van der Waals surface area contributed by atoms with Crippen molar-refractivity contribution in [1.82, 2.24) is 9.80 Å². The van der Waals surface area contributed by atoms with Gasteiger partial charge in [0.1, 0.15) is 12.4 Å². The maximum Gasteiger partial charge on any atom is 0.257 e. The van der Waals surface area contributed by atoms with E-state index >= 15 is 0 Å². The molecule has 0 aromatic heterocycles. The summed E-state index contributed by atoms with van der Waals surface area (Å²) in [5, 5.41) is 0. The lowest BCUT2D eigenvalue weighted by atomic mass is 9.98. The molecule has 3 rings (SSSR count). The van der Waals surface area contributed by atoms with Gasteiger partial charge in [0.2, 0.25) is 5.91 Å². The van der Waals surface area contributed by atoms with Crippen molar-refractivity contribution in [2.75, 3.05) is 26.2 Å². The van der Waals surface area contributed by atoms with Crippen molar-refractivity contribution >= 4 is 11.8 Å². The second-order valence-electron chi connectivity index (χ2n) is 9.49. The zero-order valence-electron chi connectivity index (χ0n) is 19.6. The fraction of sp³-hybridized carbons (Fsp3) is 0.692. The molecule has 31 heavy (non-hydrogen) atoms. The van der Waals surface area contributed by atoms with Crippen LogP contribution in [0.3, 0.4) is 0 Å². The minimum Gasteiger partial charge on any atom is -0.491 e. The second-order valence-corrected chi connectivity index (χ2v) is 9.49. The van der Waals surface area contributed by atoms with Crippen LogP contribution >= 0.6 is 0 Å². The molecule has 0 spiro atoms. The second kappa shape index (κ2) is 11.5. The van der Waals surface area contributed by atoms with E-state index in [1.165, 1.54) is 25.7 Å². The first-order valence-electron chi connectivity index (χ1n) is 12.3. The number of benzene rings is 1. The summed E-state index contributed by atoms with van der Waals surface area (Å²) < 4.78 is 6.21. The molecule has 1 saturated carbocycles. The van der Waals surface area contributed by atoms with Crippen molar-refractivity contribution in [1.29, 1.82) is 0 Å². The third-order valence-electron chi connectivity index (χ3n) is 7.00. The number of hydrogen-bond acceptors (Lipinski definition) is 3. The van der Waals surface area contributed by atoms with Gasteiger partial charge in [0.25, 0.3) is 5.91 Å². The van der Waals surface area contributed by atoms with Crippen LogP contribution in [0.2, 0.25) is 0 Å². The van der Waals surface area contributed by atoms with Crippen molar-refractivity contribution in [2.45, 2.75) is 78.2 Å². The zero-order valence-corrected chi connectivity index (χ0v) is 19.6. The highest BCUT2D eigenvalue weighted by Gasteiger charge is 2.29. The molecule has 1 aromatic rings. The number of ether oxygens (including phenoxy) is 1. The summed E-state index contributed by atoms with van der Waals surface area (Å²) in [5.41, 5.74) is 0.617. The van der Waals surface area contributed by atoms with Crippen LogP contribution < -0.4 is 4.74 Å². The highest BCUT2D eigenvalue weighted by molar-refractivity contribution is 5.96. The largest absolute Gasteiger partial charge is 0.491 e. The summed E-state index contributed by atoms with van der Waals surface area (Å²) in [7, 11) is 0. The highest BCUT2D eigenvalue weighted by Crippen LogP contribution is 2.29. The normalized spacial score (nSPS) is 21.4. The third-order valence-corrected chi connectivity index (χ3v) is 7.00. The summed E-state index contributed by atoms with van der Waals surface area (Å²) >= 11 is 0. The van der Waals surface area contributed by atoms with E-state index < -0.39 is 0 Å². The molecule has 1 atom stereocenters. The summed E-state index contributed by atoms with van der Waals surface area (Å²) in [6, 6.07) is 7.53. The van der Waals surface area contributed by atoms with E-state index in [-0.39, 0.29) is 23.8 Å². The Kier molecular flexibility index (Phi) is 8.79. The monoisotopic (exact) mass is 428 g/mol. The van der Waals surface area contributed by atoms with Gasteiger partial charge in [-0.25, -0.2) is 0 Å². The highest BCUT2D eigenvalue weighted by atomic mass is 16.5. The molecule has 2 amide bonds. The van der Waals surface area contributed by atoms with Gasteiger partial charge in [-0.05, 0) is 50.2 Å². The maximum atomic E-state index is 13.3. The minimum absolute atomic E-state index is 0.0148. The summed E-state index contributed by atoms with van der Waals surface area (Å²) in [4.78, 5) is 30.3. The van der Waals surface area contributed by atoms with Gasteiger partial charge in [0.05, 0.1) is 11.6 Å². The molecule has 0 unspecified atom stereocenters. The van der Waals surface area contributed by atoms with Gasteiger partial charge in [-0.2, -0.15) is 0 Å². The Morgan fingerprint density at radius 3 is 2.52 bits per heavy atom. The number of carbonyl (C=O) groups excluding carboxylic acids is 2. The van der Waals surface area contributed by atoms with Crippen LogP contribution in [0.4, 0.5) is 0 Å². The standard InChI is InChI=1S/C26H40N2O3/c1-4-27-17-9-10-18-28(25(29)16-15-21-11-5-6-12-21)23(20(2)3)19-31-24-14-8-7-13-22(24)26(27)30/h7-8,13-14,20-21,23H,4-6,9-12,15-19H2,1-3H3/t23-/m1/s1. The van der Waals surface area contributed by atoms with Crippen molar-refractivity contribution in [3.05, 3.63) is 29.8 Å². The van der Waals surface area contributed by atoms with Gasteiger partial charge in [0, 0.05) is 26.1 Å². The molecular formula is C26H40N2O3. The van der Waals surface area contributed by atoms with E-state index in [1.807, 2.05) is 36.1 Å². The predicted octanol–water partition coefficient (Wildman–Crippen LogP) is 5.14. The molecular weight excluding hydrogens is 388 g/mol. The molecule has 0 bridgehead atoms. The van der Waals surface area contributed by atoms with Crippen LogP contribution in [0, 0.1) is 11.8 Å². The van der Waals surface area contributed by atoms with Crippen LogP contribution in [0.5, 0.6) is 5.75 Å². The number of nitrogens with zero attached hydrogens (tertiary/aromatic N) is 2. The van der Waals surface area contributed by atoms with E-state index in [4.69, 9.17) is 4.74 Å². The molecule has 0 radical (unpaired) electrons. The third kappa shape index (κ3) is 6.24. The fourth-order valence-corrected chi connectivity index (χ4v) is 4.99. The van der Waals surface area contributed by atoms with Crippen LogP contribution in [0.1, 0.15) is 82.5 Å². The van der Waals surface area contributed by atoms with Crippen LogP contribution in [0.25, 0.3) is 0 Å². The Balaban J connectivity index is 1.79. The zero-order chi connectivity index (χ0) is 22.2. The molecule has 2 aliphatic rings. The molecule has 1 fully saturated rings. The lowest BCUT2D eigenvalue weighted by Gasteiger charge is -2.36. The number of para-hydroxylation sites is 1. The van der Waals surface area contributed by atoms with E-state index in [0.29, 0.717) is 37.4 Å². The molecule has 1 aliphatic heterocycles. The number of hydrogen-bond donors (Lipinski definition) is 0. The first kappa shape index (κ1) is 23.6. The van der Waals surface area contributed by atoms with Gasteiger partial charge in [-0.3, -0.25) is 9.59 Å². The van der Waals surface area contributed by atoms with E-state index in [1.54, 1.807) is 0 Å². The minimum atomic E-state index is 0.0148. The van der Waals surface area contributed by atoms with Gasteiger partial charge in [-0.15, -0.1) is 0 Å². The molecule has 0 N–H and O–H groups in total. The average molecular weight is 429 g/mol. The smallest absolute Gasteiger partial charge is 0.257 e. The summed E-state index contributed by atoms with van der Waals surface area (Å²) in [6.07, 6.45) is 8.66. The quantitative estimate of drug-likeness (QED) is 0.652. The van der Waals surface area contributed by atoms with Gasteiger partial charge < -0.3 is 14.5 Å².